The monoisotopic (exact) mass is 1820 g/mol. The average Bonchev–Trinajstić information content (AvgIpc) is 1.67. The second-order valence-electron chi connectivity index (χ2n) is 36.5. The van der Waals surface area contributed by atoms with Gasteiger partial charge in [0.2, 0.25) is 11.8 Å². The molecule has 34 heteroatoms. The molecule has 0 aromatic rings. The second-order valence-corrected chi connectivity index (χ2v) is 36.5. The summed E-state index contributed by atoms with van der Waals surface area (Å²) in [5.74, 6) is -3.75. The first-order valence-electron chi connectivity index (χ1n) is 47.0. The van der Waals surface area contributed by atoms with Crippen LogP contribution in [0.3, 0.4) is 0 Å². The Balaban J connectivity index is 0.000000537. The Kier molecular flexibility index (Phi) is 56.9. The SMILES string of the molecule is C=C(CC)N[C@@H](COC[C@@H]1OC(C)(C)O[C@H]1CC)[C@@H]1OC(C)(C)O[C@@H]1CCC.C=C(CC)N[C@@H](COC[C@H](O)[C@@H](O)CO)[C@H](O)[C@H](O)CC.CCCCC(=O)N[C@@H](COC[C@@H]1OC(C)(C)O[C@H]1CC)[C@@H]1OC(C)(C)O[C@@H]1CCC.CCCCC(=O)N[C@@H](COC[C@H](O)[C@@H](O)CO)[C@H](O)[C@H](O)CC.CCC[C@H]1OC(C)(C)O[C@H]1[C@@H](N)COC[C@@H]1OC(C)(C)O[C@H]1CC. The van der Waals surface area contributed by atoms with E-state index in [2.05, 4.69) is 89.8 Å². The minimum atomic E-state index is -1.32. The Morgan fingerprint density at radius 2 is 0.635 bits per heavy atom. The van der Waals surface area contributed by atoms with Crippen molar-refractivity contribution in [3.63, 3.8) is 0 Å². The Morgan fingerprint density at radius 1 is 0.341 bits per heavy atom. The molecular weight excluding hydrogens is 1640 g/mol. The number of aliphatic hydroxyl groups excluding tert-OH is 10. The van der Waals surface area contributed by atoms with Crippen LogP contribution >= 0.6 is 0 Å². The van der Waals surface area contributed by atoms with Crippen LogP contribution in [0.2, 0.25) is 0 Å². The van der Waals surface area contributed by atoms with Gasteiger partial charge in [-0.15, -0.1) is 0 Å². The van der Waals surface area contributed by atoms with E-state index in [9.17, 15) is 50.4 Å². The zero-order valence-corrected chi connectivity index (χ0v) is 81.6. The number of unbranched alkanes of at least 4 members (excludes halogenated alkanes) is 2. The van der Waals surface area contributed by atoms with E-state index in [4.69, 9.17) is 96.5 Å². The van der Waals surface area contributed by atoms with Crippen molar-refractivity contribution in [3.05, 3.63) is 24.6 Å². The molecule has 0 spiro atoms. The van der Waals surface area contributed by atoms with Gasteiger partial charge in [0.05, 0.1) is 158 Å². The van der Waals surface area contributed by atoms with Gasteiger partial charge >= 0.3 is 0 Å². The number of hydrogen-bond acceptors (Lipinski definition) is 32. The molecule has 6 fully saturated rings. The molecule has 746 valence electrons. The van der Waals surface area contributed by atoms with Crippen molar-refractivity contribution >= 4 is 11.8 Å². The minimum Gasteiger partial charge on any atom is -0.394 e. The molecule has 6 saturated heterocycles. The lowest BCUT2D eigenvalue weighted by atomic mass is 10.0. The number of nitrogens with two attached hydrogens (primary N) is 1. The quantitative estimate of drug-likeness (QED) is 0.0275. The van der Waals surface area contributed by atoms with Crippen LogP contribution in [0.4, 0.5) is 0 Å². The van der Waals surface area contributed by atoms with Crippen molar-refractivity contribution in [2.24, 2.45) is 5.73 Å². The molecule has 0 saturated carbocycles. The molecule has 0 radical (unpaired) electrons. The lowest BCUT2D eigenvalue weighted by molar-refractivity contribution is -0.156. The summed E-state index contributed by atoms with van der Waals surface area (Å²) in [5, 5.41) is 107. The van der Waals surface area contributed by atoms with Gasteiger partial charge in [-0.3, -0.25) is 9.59 Å². The number of carbonyl (C=O) groups excluding carboxylic acids is 2. The molecule has 0 unspecified atom stereocenters. The first-order chi connectivity index (χ1) is 59.1. The van der Waals surface area contributed by atoms with E-state index in [0.29, 0.717) is 83.9 Å². The van der Waals surface area contributed by atoms with Crippen LogP contribution in [0.15, 0.2) is 24.6 Å². The van der Waals surface area contributed by atoms with Gasteiger partial charge in [-0.1, -0.05) is 128 Å². The molecule has 16 N–H and O–H groups in total. The molecule has 0 bridgehead atoms. The van der Waals surface area contributed by atoms with Crippen LogP contribution in [-0.4, -0.2) is 329 Å². The van der Waals surface area contributed by atoms with Gasteiger partial charge in [0.1, 0.15) is 73.2 Å². The molecule has 34 nitrogen and oxygen atoms in total. The standard InChI is InChI=1S/C23H43NO6.C22H41NO5.C18H35NO5.C15H31NO7.C14H29NO6/c1-8-11-13-20(25)24-16(21-18(12-9-2)28-23(6,7)30-21)14-26-15-19-17(10-3)27-22(4,5)29-19;1-9-12-18-20(28-22(7,8)26-18)16(23-15(4)10-2)13-24-14-19-17(11-3)25-21(5,6)27-19;1-7-9-14-16(24-18(5,6)22-14)12(19)10-20-11-15-13(8-2)21-17(3,4)23-15;1-3-5-6-14(21)16-10(15(22)11(18)4-2)8-23-9-13(20)12(19)7-17;1-4-9(3)15-10(14(20)11(17)5-2)7-21-8-13(19)12(18)6-16/h16-19,21H,8-15H2,1-7H3,(H,24,25);16-20,23H,4,9-14H2,1-3,5-8H3;12-16H,7-11,19H2,1-6H3;10-13,15,17-20,22H,3-9H2,1-2H3,(H,16,21);10-20H,3-8H2,1-2H3/t16-,17-,18+,19-,21-;16-,17-,18+,19-,20-;12-,13-,14+,15-,16-;10-,11+,12-,13-,15-;10-,11+,12-,13-,14-/m00000/s1. The maximum Gasteiger partial charge on any atom is 0.220 e. The molecule has 6 aliphatic rings. The van der Waals surface area contributed by atoms with Crippen molar-refractivity contribution in [2.45, 2.75) is 475 Å². The van der Waals surface area contributed by atoms with Gasteiger partial charge in [0.25, 0.3) is 0 Å². The number of allylic oxidation sites excluding steroid dienone is 2. The third-order valence-electron chi connectivity index (χ3n) is 22.1. The van der Waals surface area contributed by atoms with Crippen LogP contribution in [0.25, 0.3) is 0 Å². The number of amides is 2. The number of aliphatic hydroxyl groups is 10. The van der Waals surface area contributed by atoms with Gasteiger partial charge in [0.15, 0.2) is 34.7 Å². The van der Waals surface area contributed by atoms with Gasteiger partial charge < -0.3 is 159 Å². The Bertz CT molecular complexity index is 2910. The van der Waals surface area contributed by atoms with E-state index < -0.39 is 109 Å². The zero-order valence-electron chi connectivity index (χ0n) is 81.6. The molecule has 2 amide bonds. The number of hydrogen-bond donors (Lipinski definition) is 15. The van der Waals surface area contributed by atoms with E-state index in [0.717, 1.165) is 89.2 Å². The van der Waals surface area contributed by atoms with E-state index >= 15 is 0 Å². The fraction of sp³-hybridized carbons (Fsp3) is 0.935. The molecule has 0 aromatic carbocycles. The summed E-state index contributed by atoms with van der Waals surface area (Å²) in [4.78, 5) is 24.3. The van der Waals surface area contributed by atoms with E-state index in [1.807, 2.05) is 96.9 Å². The molecule has 25 atom stereocenters. The van der Waals surface area contributed by atoms with Crippen LogP contribution in [-0.2, 0) is 90.1 Å². The first-order valence-corrected chi connectivity index (χ1v) is 47.0. The maximum atomic E-state index is 12.5. The molecule has 6 aliphatic heterocycles. The summed E-state index contributed by atoms with van der Waals surface area (Å²) < 4.78 is 101. The molecule has 6 rings (SSSR count). The Labute approximate surface area is 755 Å². The summed E-state index contributed by atoms with van der Waals surface area (Å²) in [6.45, 7) is 56.3. The largest absolute Gasteiger partial charge is 0.394 e. The van der Waals surface area contributed by atoms with Crippen LogP contribution in [0.5, 0.6) is 0 Å². The molecular formula is C92H179N5O29. The topological polar surface area (TPSA) is 467 Å². The highest BCUT2D eigenvalue weighted by Gasteiger charge is 2.50. The van der Waals surface area contributed by atoms with Gasteiger partial charge in [-0.25, -0.2) is 0 Å². The highest BCUT2D eigenvalue weighted by atomic mass is 16.8. The van der Waals surface area contributed by atoms with Crippen LogP contribution < -0.4 is 27.0 Å². The lowest BCUT2D eigenvalue weighted by Gasteiger charge is -2.29. The highest BCUT2D eigenvalue weighted by molar-refractivity contribution is 5.76. The van der Waals surface area contributed by atoms with Crippen molar-refractivity contribution < 1.29 is 141 Å². The maximum absolute atomic E-state index is 12.5. The zero-order chi connectivity index (χ0) is 95.5. The molecule has 0 aliphatic carbocycles. The van der Waals surface area contributed by atoms with Crippen molar-refractivity contribution in [2.75, 3.05) is 79.3 Å². The summed E-state index contributed by atoms with van der Waals surface area (Å²) >= 11 is 0. The average molecular weight is 1820 g/mol. The predicted octanol–water partition coefficient (Wildman–Crippen LogP) is 7.90. The summed E-state index contributed by atoms with van der Waals surface area (Å²) in [6.07, 6.45) is 5.17. The van der Waals surface area contributed by atoms with E-state index in [1.54, 1.807) is 13.8 Å². The van der Waals surface area contributed by atoms with Crippen LogP contribution in [0.1, 0.15) is 288 Å². The number of rotatable bonds is 56. The first kappa shape index (κ1) is 119. The fourth-order valence-corrected chi connectivity index (χ4v) is 15.3. The van der Waals surface area contributed by atoms with Crippen molar-refractivity contribution in [1.82, 2.24) is 21.3 Å². The smallest absolute Gasteiger partial charge is 0.220 e. The highest BCUT2D eigenvalue weighted by Crippen LogP contribution is 2.38. The minimum absolute atomic E-state index is 0.00966. The molecule has 0 aromatic heterocycles. The lowest BCUT2D eigenvalue weighted by Crippen LogP contribution is -2.51. The Hall–Kier alpha value is -3.10. The summed E-state index contributed by atoms with van der Waals surface area (Å²) in [5.41, 5.74) is 8.00. The van der Waals surface area contributed by atoms with Crippen molar-refractivity contribution in [1.29, 1.82) is 0 Å². The Morgan fingerprint density at radius 3 is 0.960 bits per heavy atom. The third kappa shape index (κ3) is 44.4. The predicted molar refractivity (Wildman–Crippen MR) is 479 cm³/mol. The molecule has 6 heterocycles. The molecule has 126 heavy (non-hydrogen) atoms. The van der Waals surface area contributed by atoms with E-state index in [-0.39, 0.29) is 130 Å². The van der Waals surface area contributed by atoms with Crippen molar-refractivity contribution in [3.8, 4) is 0 Å². The van der Waals surface area contributed by atoms with E-state index in [1.165, 1.54) is 0 Å². The number of carbonyl (C=O) groups is 2. The normalized spacial score (nSPS) is 27.9. The van der Waals surface area contributed by atoms with Gasteiger partial charge in [-0.05, 0) is 160 Å². The fourth-order valence-electron chi connectivity index (χ4n) is 15.3. The summed E-state index contributed by atoms with van der Waals surface area (Å²) in [6, 6.07) is -1.93. The van der Waals surface area contributed by atoms with Gasteiger partial charge in [0, 0.05) is 24.2 Å². The number of ether oxygens (including phenoxy) is 17. The summed E-state index contributed by atoms with van der Waals surface area (Å²) in [7, 11) is 0. The van der Waals surface area contributed by atoms with Crippen LogP contribution in [0, 0.1) is 0 Å². The third-order valence-corrected chi connectivity index (χ3v) is 22.1. The van der Waals surface area contributed by atoms with Gasteiger partial charge in [-0.2, -0.15) is 0 Å². The second kappa shape index (κ2) is 60.3. The number of nitrogens with one attached hydrogen (secondary N) is 4.